The molecule has 0 unspecified atom stereocenters. The van der Waals surface area contributed by atoms with Gasteiger partial charge in [-0.15, -0.1) is 0 Å². The number of likely N-dealkylation sites (N-methyl/N-ethyl adjacent to an activating group) is 1. The van der Waals surface area contributed by atoms with Gasteiger partial charge in [0.2, 0.25) is 5.95 Å². The summed E-state index contributed by atoms with van der Waals surface area (Å²) in [7, 11) is 6.69. The number of anilines is 2. The molecule has 0 saturated carbocycles. The molecule has 1 fully saturated rings. The Balaban J connectivity index is 1.39. The molecule has 0 spiro atoms. The SMILES string of the molecule is CNc1ncc2cc(-c3cc(OC)cc(OC)c3Cl)c(=O)n(CCc3ccc(NC(=O)C(C#N)=CC(C)(C)N(C)C4COC4)cc3)c2n1. The summed E-state index contributed by atoms with van der Waals surface area (Å²) in [5.41, 5.74) is 1.95. The van der Waals surface area contributed by atoms with Crippen molar-refractivity contribution >= 4 is 40.2 Å². The third kappa shape index (κ3) is 7.13. The highest BCUT2D eigenvalue weighted by atomic mass is 35.5. The summed E-state index contributed by atoms with van der Waals surface area (Å²) < 4.78 is 17.8. The summed E-state index contributed by atoms with van der Waals surface area (Å²) in [6, 6.07) is 14.6. The summed E-state index contributed by atoms with van der Waals surface area (Å²) in [5.74, 6) is 0.758. The molecule has 0 radical (unpaired) electrons. The number of nitrogens with one attached hydrogen (secondary N) is 2. The van der Waals surface area contributed by atoms with Crippen molar-refractivity contribution in [3.05, 3.63) is 81.3 Å². The number of benzene rings is 2. The minimum atomic E-state index is -0.525. The third-order valence-electron chi connectivity index (χ3n) is 8.58. The molecule has 1 aliphatic rings. The van der Waals surface area contributed by atoms with E-state index in [1.165, 1.54) is 14.2 Å². The van der Waals surface area contributed by atoms with Gasteiger partial charge < -0.3 is 24.8 Å². The fourth-order valence-electron chi connectivity index (χ4n) is 5.43. The number of amides is 1. The Morgan fingerprint density at radius 1 is 1.19 bits per heavy atom. The maximum Gasteiger partial charge on any atom is 0.266 e. The van der Waals surface area contributed by atoms with Crippen molar-refractivity contribution in [1.29, 1.82) is 5.26 Å². The quantitative estimate of drug-likeness (QED) is 0.157. The molecule has 5 rings (SSSR count). The summed E-state index contributed by atoms with van der Waals surface area (Å²) in [4.78, 5) is 38.1. The van der Waals surface area contributed by atoms with Crippen molar-refractivity contribution in [1.82, 2.24) is 19.4 Å². The smallest absolute Gasteiger partial charge is 0.266 e. The van der Waals surface area contributed by atoms with Crippen LogP contribution in [0, 0.1) is 11.3 Å². The molecule has 1 aliphatic heterocycles. The molecule has 13 heteroatoms. The highest BCUT2D eigenvalue weighted by Gasteiger charge is 2.33. The highest BCUT2D eigenvalue weighted by Crippen LogP contribution is 2.38. The van der Waals surface area contributed by atoms with E-state index < -0.39 is 11.4 Å². The maximum absolute atomic E-state index is 14.1. The second-order valence-corrected chi connectivity index (χ2v) is 12.3. The molecule has 1 amide bonds. The largest absolute Gasteiger partial charge is 0.497 e. The lowest BCUT2D eigenvalue weighted by atomic mass is 9.96. The minimum Gasteiger partial charge on any atom is -0.497 e. The van der Waals surface area contributed by atoms with Crippen molar-refractivity contribution in [2.75, 3.05) is 52.2 Å². The number of hydrogen-bond acceptors (Lipinski definition) is 10. The lowest BCUT2D eigenvalue weighted by Gasteiger charge is -2.43. The Morgan fingerprint density at radius 3 is 2.52 bits per heavy atom. The molecular formula is C35H38ClN7O5. The van der Waals surface area contributed by atoms with E-state index in [1.54, 1.807) is 54.2 Å². The second-order valence-electron chi connectivity index (χ2n) is 12.0. The van der Waals surface area contributed by atoms with Gasteiger partial charge in [-0.2, -0.15) is 10.2 Å². The molecule has 0 bridgehead atoms. The normalized spacial score (nSPS) is 13.6. The van der Waals surface area contributed by atoms with Gasteiger partial charge in [0.25, 0.3) is 11.5 Å². The lowest BCUT2D eigenvalue weighted by molar-refractivity contribution is -0.112. The molecule has 0 atom stereocenters. The zero-order chi connectivity index (χ0) is 34.6. The zero-order valence-corrected chi connectivity index (χ0v) is 28.5. The Hall–Kier alpha value is -4.96. The van der Waals surface area contributed by atoms with Crippen molar-refractivity contribution < 1.29 is 19.0 Å². The molecule has 2 aromatic heterocycles. The van der Waals surface area contributed by atoms with Crippen LogP contribution in [0.4, 0.5) is 11.6 Å². The average Bonchev–Trinajstić information content (AvgIpc) is 3.06. The second kappa shape index (κ2) is 14.4. The van der Waals surface area contributed by atoms with Gasteiger partial charge in [0.05, 0.1) is 38.5 Å². The van der Waals surface area contributed by atoms with Gasteiger partial charge in [0, 0.05) is 53.6 Å². The number of aromatic nitrogens is 3. The zero-order valence-electron chi connectivity index (χ0n) is 27.8. The van der Waals surface area contributed by atoms with E-state index in [-0.39, 0.29) is 22.2 Å². The van der Waals surface area contributed by atoms with E-state index in [9.17, 15) is 14.9 Å². The van der Waals surface area contributed by atoms with Gasteiger partial charge in [-0.05, 0) is 63.2 Å². The number of carbonyl (C=O) groups excluding carboxylic acids is 1. The number of nitriles is 1. The topological polar surface area (TPSA) is 144 Å². The predicted octanol–water partition coefficient (Wildman–Crippen LogP) is 4.91. The number of methoxy groups -OCH3 is 2. The number of halogens is 1. The Bertz CT molecular complexity index is 1960. The van der Waals surface area contributed by atoms with E-state index >= 15 is 0 Å². The standard InChI is InChI=1S/C35H38ClN7O5/c1-35(2,42(4)25-19-48-20-25)16-23(17-37)32(44)40-24-9-7-21(8-10-24)11-12-43-31-22(18-39-34(38-3)41-31)13-28(33(43)45)27-14-26(46-5)15-29(47-6)30(27)36/h7-10,13-16,18,25H,11-12,19-20H2,1-6H3,(H,40,44)(H,38,39,41). The van der Waals surface area contributed by atoms with Crippen LogP contribution in [0.25, 0.3) is 22.2 Å². The number of pyridine rings is 1. The Labute approximate surface area is 283 Å². The molecule has 2 N–H and O–H groups in total. The van der Waals surface area contributed by atoms with Crippen LogP contribution in [0.15, 0.2) is 65.1 Å². The first kappa shape index (κ1) is 34.4. The van der Waals surface area contributed by atoms with Crippen molar-refractivity contribution in [2.24, 2.45) is 0 Å². The fourth-order valence-corrected chi connectivity index (χ4v) is 5.72. The number of carbonyl (C=O) groups is 1. The van der Waals surface area contributed by atoms with Gasteiger partial charge in [0.1, 0.15) is 28.8 Å². The predicted molar refractivity (Wildman–Crippen MR) is 186 cm³/mol. The van der Waals surface area contributed by atoms with Crippen molar-refractivity contribution in [3.63, 3.8) is 0 Å². The summed E-state index contributed by atoms with van der Waals surface area (Å²) >= 11 is 6.69. The number of aryl methyl sites for hydroxylation is 2. The van der Waals surface area contributed by atoms with E-state index in [0.29, 0.717) is 71.5 Å². The van der Waals surface area contributed by atoms with Crippen LogP contribution in [0.5, 0.6) is 11.5 Å². The van der Waals surface area contributed by atoms with Crippen LogP contribution < -0.4 is 25.7 Å². The number of hydrogen-bond donors (Lipinski definition) is 2. The van der Waals surface area contributed by atoms with Crippen LogP contribution >= 0.6 is 11.6 Å². The average molecular weight is 672 g/mol. The maximum atomic E-state index is 14.1. The molecule has 48 heavy (non-hydrogen) atoms. The monoisotopic (exact) mass is 671 g/mol. The lowest BCUT2D eigenvalue weighted by Crippen LogP contribution is -2.55. The molecule has 2 aromatic carbocycles. The van der Waals surface area contributed by atoms with Crippen LogP contribution in [0.3, 0.4) is 0 Å². The highest BCUT2D eigenvalue weighted by molar-refractivity contribution is 6.35. The van der Waals surface area contributed by atoms with Gasteiger partial charge in [0.15, 0.2) is 0 Å². The third-order valence-corrected chi connectivity index (χ3v) is 8.97. The number of fused-ring (bicyclic) bond motifs is 1. The fraction of sp³-hybridized carbons (Fsp3) is 0.343. The summed E-state index contributed by atoms with van der Waals surface area (Å²) in [5, 5.41) is 16.4. The van der Waals surface area contributed by atoms with E-state index in [4.69, 9.17) is 25.8 Å². The molecule has 0 aliphatic carbocycles. The van der Waals surface area contributed by atoms with Crippen LogP contribution in [0.2, 0.25) is 5.02 Å². The first-order valence-electron chi connectivity index (χ1n) is 15.3. The first-order chi connectivity index (χ1) is 23.0. The van der Waals surface area contributed by atoms with E-state index in [1.807, 2.05) is 39.1 Å². The summed E-state index contributed by atoms with van der Waals surface area (Å²) in [6.45, 7) is 5.47. The Morgan fingerprint density at radius 2 is 1.92 bits per heavy atom. The Kier molecular flexibility index (Phi) is 10.3. The molecule has 4 aromatic rings. The van der Waals surface area contributed by atoms with Gasteiger partial charge in [-0.1, -0.05) is 23.7 Å². The molecular weight excluding hydrogens is 634 g/mol. The van der Waals surface area contributed by atoms with E-state index in [2.05, 4.69) is 25.5 Å². The van der Waals surface area contributed by atoms with Gasteiger partial charge in [-0.25, -0.2) is 4.98 Å². The number of rotatable bonds is 12. The van der Waals surface area contributed by atoms with Crippen LogP contribution in [-0.2, 0) is 22.5 Å². The van der Waals surface area contributed by atoms with Gasteiger partial charge >= 0.3 is 0 Å². The number of nitrogens with zero attached hydrogens (tertiary/aromatic N) is 5. The molecule has 1 saturated heterocycles. The van der Waals surface area contributed by atoms with Crippen molar-refractivity contribution in [3.8, 4) is 28.7 Å². The minimum absolute atomic E-state index is 0.0268. The van der Waals surface area contributed by atoms with Crippen molar-refractivity contribution in [2.45, 2.75) is 38.4 Å². The number of ether oxygens (including phenoxy) is 3. The van der Waals surface area contributed by atoms with Gasteiger partial charge in [-0.3, -0.25) is 19.1 Å². The molecule has 3 heterocycles. The molecule has 250 valence electrons. The van der Waals surface area contributed by atoms with E-state index in [0.717, 1.165) is 5.56 Å². The van der Waals surface area contributed by atoms with Crippen LogP contribution in [-0.4, -0.2) is 78.5 Å². The first-order valence-corrected chi connectivity index (χ1v) is 15.7. The molecule has 12 nitrogen and oxygen atoms in total. The van der Waals surface area contributed by atoms with Crippen LogP contribution in [0.1, 0.15) is 19.4 Å². The summed E-state index contributed by atoms with van der Waals surface area (Å²) in [6.07, 6.45) is 3.82.